The van der Waals surface area contributed by atoms with Crippen molar-refractivity contribution in [3.05, 3.63) is 48.0 Å². The fourth-order valence-corrected chi connectivity index (χ4v) is 4.16. The van der Waals surface area contributed by atoms with Crippen LogP contribution in [-0.4, -0.2) is 48.8 Å². The summed E-state index contributed by atoms with van der Waals surface area (Å²) in [5.74, 6) is -2.42. The minimum absolute atomic E-state index is 0.216. The average Bonchev–Trinajstić information content (AvgIpc) is 3.04. The van der Waals surface area contributed by atoms with Gasteiger partial charge in [0, 0.05) is 12.0 Å². The molecule has 1 aliphatic heterocycles. The molecule has 7 nitrogen and oxygen atoms in total. The first kappa shape index (κ1) is 26.7. The first-order valence-corrected chi connectivity index (χ1v) is 12.2. The lowest BCUT2D eigenvalue weighted by molar-refractivity contribution is -0.174. The minimum atomic E-state index is -1.12. The van der Waals surface area contributed by atoms with Crippen LogP contribution in [0.5, 0.6) is 0 Å². The number of hydrogen-bond donors (Lipinski definition) is 1. The first-order valence-electron chi connectivity index (χ1n) is 12.2. The van der Waals surface area contributed by atoms with Gasteiger partial charge >= 0.3 is 11.9 Å². The maximum atomic E-state index is 13.7. The highest BCUT2D eigenvalue weighted by Crippen LogP contribution is 2.30. The minimum Gasteiger partial charge on any atom is -0.463 e. The third kappa shape index (κ3) is 6.82. The molecule has 0 radical (unpaired) electrons. The number of benzene rings is 2. The predicted octanol–water partition coefficient (Wildman–Crippen LogP) is 4.20. The third-order valence-corrected chi connectivity index (χ3v) is 6.00. The van der Waals surface area contributed by atoms with E-state index in [-0.39, 0.29) is 13.0 Å². The summed E-state index contributed by atoms with van der Waals surface area (Å²) in [7, 11) is 0. The third-order valence-electron chi connectivity index (χ3n) is 6.00. The topological polar surface area (TPSA) is 90.9 Å². The zero-order valence-corrected chi connectivity index (χ0v) is 21.6. The van der Waals surface area contributed by atoms with Crippen LogP contribution < -0.4 is 5.32 Å². The van der Waals surface area contributed by atoms with Gasteiger partial charge in [-0.3, -0.25) is 4.79 Å². The molecule has 1 amide bonds. The van der Waals surface area contributed by atoms with Gasteiger partial charge in [0.25, 0.3) is 0 Å². The van der Waals surface area contributed by atoms with Crippen molar-refractivity contribution in [2.75, 3.05) is 13.2 Å². The van der Waals surface area contributed by atoms with Crippen molar-refractivity contribution in [3.63, 3.8) is 0 Å². The Bertz CT molecular complexity index is 1070. The first-order chi connectivity index (χ1) is 16.4. The summed E-state index contributed by atoms with van der Waals surface area (Å²) in [6, 6.07) is 13.1. The van der Waals surface area contributed by atoms with Gasteiger partial charge < -0.3 is 19.5 Å². The summed E-state index contributed by atoms with van der Waals surface area (Å²) in [6.07, 6.45) is -0.209. The van der Waals surface area contributed by atoms with E-state index >= 15 is 0 Å². The molecule has 1 N–H and O–H groups in total. The number of fused-ring (bicyclic) bond motifs is 1. The van der Waals surface area contributed by atoms with Crippen LogP contribution >= 0.6 is 0 Å². The SMILES string of the molecule is CCCO[C@H](C(=O)OC(C)(C)C)[C@@H](Cc1ccc2ccccc2c1)C(=O)N[C@@H]1C(=O)OCC1(C)C. The quantitative estimate of drug-likeness (QED) is 0.538. The van der Waals surface area contributed by atoms with Gasteiger partial charge in [0.15, 0.2) is 6.10 Å². The molecular formula is C28H37NO6. The molecule has 1 saturated heterocycles. The largest absolute Gasteiger partial charge is 0.463 e. The Labute approximate surface area is 207 Å². The molecule has 2 aromatic carbocycles. The van der Waals surface area contributed by atoms with Gasteiger partial charge in [-0.1, -0.05) is 63.2 Å². The van der Waals surface area contributed by atoms with Gasteiger partial charge in [-0.05, 0) is 49.9 Å². The number of carbonyl (C=O) groups excluding carboxylic acids is 3. The molecule has 1 heterocycles. The number of rotatable bonds is 9. The number of amides is 1. The van der Waals surface area contributed by atoms with E-state index in [1.165, 1.54) is 0 Å². The van der Waals surface area contributed by atoms with Crippen molar-refractivity contribution in [2.45, 2.75) is 72.1 Å². The Morgan fingerprint density at radius 1 is 1.14 bits per heavy atom. The van der Waals surface area contributed by atoms with Gasteiger partial charge in [0.2, 0.25) is 5.91 Å². The number of nitrogens with one attached hydrogen (secondary N) is 1. The summed E-state index contributed by atoms with van der Waals surface area (Å²) in [6.45, 7) is 11.5. The van der Waals surface area contributed by atoms with Gasteiger partial charge in [-0.15, -0.1) is 0 Å². The van der Waals surface area contributed by atoms with E-state index in [4.69, 9.17) is 14.2 Å². The highest BCUT2D eigenvalue weighted by atomic mass is 16.6. The van der Waals surface area contributed by atoms with E-state index in [1.807, 2.05) is 63.2 Å². The molecule has 0 spiro atoms. The van der Waals surface area contributed by atoms with Crippen LogP contribution in [0.2, 0.25) is 0 Å². The smallest absolute Gasteiger partial charge is 0.336 e. The van der Waals surface area contributed by atoms with E-state index < -0.39 is 46.9 Å². The average molecular weight is 484 g/mol. The number of carbonyl (C=O) groups is 3. The van der Waals surface area contributed by atoms with Crippen molar-refractivity contribution >= 4 is 28.6 Å². The van der Waals surface area contributed by atoms with E-state index in [0.717, 1.165) is 16.3 Å². The summed E-state index contributed by atoms with van der Waals surface area (Å²) in [5, 5.41) is 4.97. The lowest BCUT2D eigenvalue weighted by Gasteiger charge is -2.30. The van der Waals surface area contributed by atoms with Gasteiger partial charge in [-0.25, -0.2) is 9.59 Å². The molecule has 0 bridgehead atoms. The van der Waals surface area contributed by atoms with Crippen LogP contribution in [0.15, 0.2) is 42.5 Å². The summed E-state index contributed by atoms with van der Waals surface area (Å²) >= 11 is 0. The van der Waals surface area contributed by atoms with E-state index in [1.54, 1.807) is 20.8 Å². The molecule has 0 saturated carbocycles. The molecule has 0 aromatic heterocycles. The molecule has 1 fully saturated rings. The lowest BCUT2D eigenvalue weighted by Crippen LogP contribution is -2.52. The second-order valence-electron chi connectivity index (χ2n) is 10.9. The van der Waals surface area contributed by atoms with Crippen molar-refractivity contribution in [2.24, 2.45) is 11.3 Å². The fourth-order valence-electron chi connectivity index (χ4n) is 4.16. The van der Waals surface area contributed by atoms with Crippen molar-refractivity contribution in [1.82, 2.24) is 5.32 Å². The normalized spacial score (nSPS) is 19.1. The number of ether oxygens (including phenoxy) is 3. The second kappa shape index (κ2) is 10.8. The zero-order valence-electron chi connectivity index (χ0n) is 21.6. The Hall–Kier alpha value is -2.93. The van der Waals surface area contributed by atoms with Crippen LogP contribution in [0.1, 0.15) is 53.5 Å². The molecule has 0 unspecified atom stereocenters. The van der Waals surface area contributed by atoms with Crippen molar-refractivity contribution in [3.8, 4) is 0 Å². The molecule has 190 valence electrons. The highest BCUT2D eigenvalue weighted by Gasteiger charge is 2.46. The zero-order chi connectivity index (χ0) is 25.8. The molecule has 7 heteroatoms. The Morgan fingerprint density at radius 2 is 1.83 bits per heavy atom. The molecule has 1 aliphatic rings. The number of hydrogen-bond acceptors (Lipinski definition) is 6. The Kier molecular flexibility index (Phi) is 8.21. The standard InChI is InChI=1S/C28H37NO6/c1-7-14-33-22(25(31)35-27(2,3)4)21(24(30)29-23-26(32)34-17-28(23,5)6)16-18-12-13-19-10-8-9-11-20(19)15-18/h8-13,15,21-23H,7,14,16-17H2,1-6H3,(H,29,30)/t21-,22+,23-/m1/s1. The molecule has 35 heavy (non-hydrogen) atoms. The number of cyclic esters (lactones) is 1. The molecular weight excluding hydrogens is 446 g/mol. The second-order valence-corrected chi connectivity index (χ2v) is 10.9. The molecule has 3 atom stereocenters. The molecule has 0 aliphatic carbocycles. The lowest BCUT2D eigenvalue weighted by atomic mass is 9.86. The van der Waals surface area contributed by atoms with E-state index in [9.17, 15) is 14.4 Å². The van der Waals surface area contributed by atoms with Crippen LogP contribution in [0.4, 0.5) is 0 Å². The van der Waals surface area contributed by atoms with Crippen molar-refractivity contribution < 1.29 is 28.6 Å². The van der Waals surface area contributed by atoms with Gasteiger partial charge in [-0.2, -0.15) is 0 Å². The van der Waals surface area contributed by atoms with Crippen LogP contribution in [0.25, 0.3) is 10.8 Å². The fraction of sp³-hybridized carbons (Fsp3) is 0.536. The van der Waals surface area contributed by atoms with E-state index in [0.29, 0.717) is 13.0 Å². The van der Waals surface area contributed by atoms with Crippen LogP contribution in [-0.2, 0) is 35.0 Å². The summed E-state index contributed by atoms with van der Waals surface area (Å²) < 4.78 is 16.8. The Morgan fingerprint density at radius 3 is 2.43 bits per heavy atom. The van der Waals surface area contributed by atoms with Crippen molar-refractivity contribution in [1.29, 1.82) is 0 Å². The monoisotopic (exact) mass is 483 g/mol. The van der Waals surface area contributed by atoms with Gasteiger partial charge in [0.05, 0.1) is 12.5 Å². The highest BCUT2D eigenvalue weighted by molar-refractivity contribution is 5.91. The van der Waals surface area contributed by atoms with Crippen LogP contribution in [0.3, 0.4) is 0 Å². The van der Waals surface area contributed by atoms with Gasteiger partial charge in [0.1, 0.15) is 11.6 Å². The molecule has 3 rings (SSSR count). The number of esters is 2. The maximum Gasteiger partial charge on any atom is 0.336 e. The van der Waals surface area contributed by atoms with E-state index in [2.05, 4.69) is 5.32 Å². The Balaban J connectivity index is 1.96. The van der Waals surface area contributed by atoms with Crippen LogP contribution in [0, 0.1) is 11.3 Å². The predicted molar refractivity (Wildman–Crippen MR) is 134 cm³/mol. The summed E-state index contributed by atoms with van der Waals surface area (Å²) in [4.78, 5) is 39.2. The maximum absolute atomic E-state index is 13.7. The molecule has 2 aromatic rings. The summed E-state index contributed by atoms with van der Waals surface area (Å²) in [5.41, 5.74) is -0.427.